The second-order valence-corrected chi connectivity index (χ2v) is 7.63. The molecule has 2 N–H and O–H groups in total. The summed E-state index contributed by atoms with van der Waals surface area (Å²) in [5.41, 5.74) is 3.66. The third kappa shape index (κ3) is 4.07. The fourth-order valence-electron chi connectivity index (χ4n) is 3.66. The molecule has 16 heteroatoms. The van der Waals surface area contributed by atoms with Crippen LogP contribution in [-0.2, 0) is 11.2 Å². The molecule has 2 aromatic carbocycles. The van der Waals surface area contributed by atoms with Gasteiger partial charge < -0.3 is 14.8 Å². The highest BCUT2D eigenvalue weighted by Gasteiger charge is 2.23. The molecule has 1 aliphatic heterocycles. The number of benzene rings is 2. The number of para-hydroxylation sites is 1. The molecule has 16 nitrogen and oxygen atoms in total. The van der Waals surface area contributed by atoms with Crippen molar-refractivity contribution >= 4 is 46.3 Å². The van der Waals surface area contributed by atoms with Crippen molar-refractivity contribution in [1.29, 1.82) is 0 Å². The Hall–Kier alpha value is -5.67. The standard InChI is InChI=1S/C21H14N10O6/c32-17(26-22-9-11-6-14-15(36-10-35-14)7-13(11)31(33)34)8-16-25-27-20-18(23-12-4-2-1-3-5-12)24-19-21(30(16)20)29-37-28-19/h1-7,9H,8,10H2,(H,26,32)(H,23,24,28)/b22-9-. The normalized spacial score (nSPS) is 12.4. The van der Waals surface area contributed by atoms with E-state index in [1.807, 2.05) is 30.3 Å². The van der Waals surface area contributed by atoms with Crippen LogP contribution in [0, 0.1) is 10.1 Å². The van der Waals surface area contributed by atoms with Gasteiger partial charge >= 0.3 is 0 Å². The van der Waals surface area contributed by atoms with Gasteiger partial charge in [-0.1, -0.05) is 18.2 Å². The first kappa shape index (κ1) is 21.8. The quantitative estimate of drug-likeness (QED) is 0.186. The molecule has 1 amide bonds. The minimum absolute atomic E-state index is 0.0392. The number of hydrogen-bond donors (Lipinski definition) is 2. The zero-order valence-electron chi connectivity index (χ0n) is 18.6. The first-order valence-corrected chi connectivity index (χ1v) is 10.6. The number of nitro benzene ring substituents is 1. The van der Waals surface area contributed by atoms with Crippen molar-refractivity contribution in [1.82, 2.24) is 35.3 Å². The zero-order chi connectivity index (χ0) is 25.4. The van der Waals surface area contributed by atoms with Crippen molar-refractivity contribution in [3.63, 3.8) is 0 Å². The van der Waals surface area contributed by atoms with E-state index in [2.05, 4.69) is 41.3 Å². The van der Waals surface area contributed by atoms with Crippen molar-refractivity contribution in [3.05, 3.63) is 64.0 Å². The summed E-state index contributed by atoms with van der Waals surface area (Å²) in [5.74, 6) is 0.591. The lowest BCUT2D eigenvalue weighted by Crippen LogP contribution is -2.21. The van der Waals surface area contributed by atoms with E-state index >= 15 is 0 Å². The number of nitro groups is 1. The number of nitrogens with zero attached hydrogens (tertiary/aromatic N) is 8. The number of aromatic nitrogens is 6. The van der Waals surface area contributed by atoms with E-state index < -0.39 is 10.8 Å². The van der Waals surface area contributed by atoms with Crippen LogP contribution in [0.3, 0.4) is 0 Å². The summed E-state index contributed by atoms with van der Waals surface area (Å²) in [4.78, 5) is 27.8. The average Bonchev–Trinajstić information content (AvgIpc) is 3.63. The van der Waals surface area contributed by atoms with Crippen LogP contribution in [-0.4, -0.2) is 53.7 Å². The van der Waals surface area contributed by atoms with Gasteiger partial charge in [-0.3, -0.25) is 19.3 Å². The molecule has 0 aliphatic carbocycles. The molecule has 5 aromatic rings. The molecule has 0 bridgehead atoms. The third-order valence-corrected chi connectivity index (χ3v) is 5.29. The van der Waals surface area contributed by atoms with Gasteiger partial charge in [0.05, 0.1) is 29.2 Å². The number of carbonyl (C=O) groups is 1. The van der Waals surface area contributed by atoms with Gasteiger partial charge in [-0.15, -0.1) is 10.2 Å². The molecule has 6 rings (SSSR count). The molecule has 0 saturated heterocycles. The molecule has 0 saturated carbocycles. The zero-order valence-corrected chi connectivity index (χ0v) is 18.6. The molecule has 0 unspecified atom stereocenters. The summed E-state index contributed by atoms with van der Waals surface area (Å²) < 4.78 is 16.7. The van der Waals surface area contributed by atoms with Crippen molar-refractivity contribution in [2.75, 3.05) is 12.1 Å². The van der Waals surface area contributed by atoms with Crippen LogP contribution in [0.4, 0.5) is 17.2 Å². The van der Waals surface area contributed by atoms with Gasteiger partial charge in [-0.05, 0) is 28.5 Å². The highest BCUT2D eigenvalue weighted by Crippen LogP contribution is 2.37. The topological polar surface area (TPSA) is 197 Å². The summed E-state index contributed by atoms with van der Waals surface area (Å²) in [6.07, 6.45) is 0.893. The number of anilines is 2. The van der Waals surface area contributed by atoms with Crippen LogP contribution in [0.15, 0.2) is 52.2 Å². The highest BCUT2D eigenvalue weighted by atomic mass is 16.7. The molecule has 0 spiro atoms. The lowest BCUT2D eigenvalue weighted by molar-refractivity contribution is -0.385. The number of hydrogen-bond acceptors (Lipinski definition) is 13. The smallest absolute Gasteiger partial charge is 0.282 e. The Kier molecular flexibility index (Phi) is 5.22. The van der Waals surface area contributed by atoms with Gasteiger partial charge in [0, 0.05) is 5.69 Å². The minimum Gasteiger partial charge on any atom is -0.454 e. The Balaban J connectivity index is 1.25. The van der Waals surface area contributed by atoms with E-state index in [9.17, 15) is 14.9 Å². The van der Waals surface area contributed by atoms with Crippen LogP contribution in [0.5, 0.6) is 11.5 Å². The number of fused-ring (bicyclic) bond motifs is 4. The van der Waals surface area contributed by atoms with Crippen LogP contribution < -0.4 is 20.2 Å². The fraction of sp³-hybridized carbons (Fsp3) is 0.0952. The molecule has 37 heavy (non-hydrogen) atoms. The molecule has 0 atom stereocenters. The second-order valence-electron chi connectivity index (χ2n) is 7.63. The molecule has 4 heterocycles. The van der Waals surface area contributed by atoms with E-state index in [4.69, 9.17) is 14.1 Å². The molecule has 0 fully saturated rings. The summed E-state index contributed by atoms with van der Waals surface area (Å²) in [7, 11) is 0. The van der Waals surface area contributed by atoms with Gasteiger partial charge in [-0.2, -0.15) is 5.10 Å². The molecular formula is C21H14N10O6. The van der Waals surface area contributed by atoms with Gasteiger partial charge in [0.25, 0.3) is 5.69 Å². The van der Waals surface area contributed by atoms with E-state index in [1.54, 1.807) is 0 Å². The molecular weight excluding hydrogens is 488 g/mol. The minimum atomic E-state index is -0.584. The van der Waals surface area contributed by atoms with Crippen molar-refractivity contribution in [3.8, 4) is 11.5 Å². The van der Waals surface area contributed by atoms with Crippen molar-refractivity contribution < 1.29 is 23.8 Å². The van der Waals surface area contributed by atoms with Gasteiger partial charge in [-0.25, -0.2) is 15.0 Å². The molecule has 1 aliphatic rings. The van der Waals surface area contributed by atoms with Crippen LogP contribution in [0.2, 0.25) is 0 Å². The number of amides is 1. The third-order valence-electron chi connectivity index (χ3n) is 5.29. The predicted molar refractivity (Wildman–Crippen MR) is 125 cm³/mol. The first-order valence-electron chi connectivity index (χ1n) is 10.6. The first-order chi connectivity index (χ1) is 18.1. The maximum atomic E-state index is 12.6. The lowest BCUT2D eigenvalue weighted by Gasteiger charge is -2.06. The number of rotatable bonds is 7. The van der Waals surface area contributed by atoms with E-state index in [1.165, 1.54) is 16.5 Å². The highest BCUT2D eigenvalue weighted by molar-refractivity contribution is 5.88. The molecule has 184 valence electrons. The Labute approximate surface area is 205 Å². The lowest BCUT2D eigenvalue weighted by atomic mass is 10.1. The van der Waals surface area contributed by atoms with Crippen LogP contribution >= 0.6 is 0 Å². The van der Waals surface area contributed by atoms with Crippen LogP contribution in [0.1, 0.15) is 11.4 Å². The second kappa shape index (κ2) is 8.84. The summed E-state index contributed by atoms with van der Waals surface area (Å²) in [6, 6.07) is 11.9. The van der Waals surface area contributed by atoms with Crippen LogP contribution in [0.25, 0.3) is 16.9 Å². The number of carbonyl (C=O) groups excluding carboxylic acids is 1. The number of hydrazone groups is 1. The summed E-state index contributed by atoms with van der Waals surface area (Å²) in [5, 5.41) is 34.3. The van der Waals surface area contributed by atoms with Gasteiger partial charge in [0.1, 0.15) is 5.82 Å². The van der Waals surface area contributed by atoms with Crippen molar-refractivity contribution in [2.24, 2.45) is 5.10 Å². The van der Waals surface area contributed by atoms with E-state index in [0.717, 1.165) is 11.9 Å². The maximum Gasteiger partial charge on any atom is 0.282 e. The summed E-state index contributed by atoms with van der Waals surface area (Å²) in [6.45, 7) is -0.0392. The SMILES string of the molecule is O=C(Cc1nnc2c(Nc3ccccc3)nc3nonc3n12)N/N=C\c1cc2c(cc1[N+](=O)[O-])OCO2. The maximum absolute atomic E-state index is 12.6. The summed E-state index contributed by atoms with van der Waals surface area (Å²) >= 11 is 0. The van der Waals surface area contributed by atoms with Gasteiger partial charge in [0.15, 0.2) is 17.3 Å². The Morgan fingerprint density at radius 3 is 2.76 bits per heavy atom. The molecule has 3 aromatic heterocycles. The Morgan fingerprint density at radius 1 is 1.14 bits per heavy atom. The van der Waals surface area contributed by atoms with Crippen molar-refractivity contribution in [2.45, 2.75) is 6.42 Å². The largest absolute Gasteiger partial charge is 0.454 e. The Bertz CT molecular complexity index is 1700. The average molecular weight is 502 g/mol. The monoisotopic (exact) mass is 502 g/mol. The fourth-order valence-corrected chi connectivity index (χ4v) is 3.66. The van der Waals surface area contributed by atoms with Gasteiger partial charge in [0.2, 0.25) is 29.6 Å². The van der Waals surface area contributed by atoms with E-state index in [-0.39, 0.29) is 47.3 Å². The predicted octanol–water partition coefficient (Wildman–Crippen LogP) is 1.73. The number of nitrogens with one attached hydrogen (secondary N) is 2. The Morgan fingerprint density at radius 2 is 1.95 bits per heavy atom. The molecule has 0 radical (unpaired) electrons. The van der Waals surface area contributed by atoms with E-state index in [0.29, 0.717) is 17.2 Å². The number of ether oxygens (including phenoxy) is 2.